The average Bonchev–Trinajstić information content (AvgIpc) is 2.69. The zero-order chi connectivity index (χ0) is 13.8. The second-order valence-electron chi connectivity index (χ2n) is 5.09. The molecule has 1 atom stereocenters. The lowest BCUT2D eigenvalue weighted by Gasteiger charge is -2.21. The summed E-state index contributed by atoms with van der Waals surface area (Å²) in [6, 6.07) is 0.369. The number of aromatic nitrogens is 1. The van der Waals surface area contributed by atoms with E-state index in [9.17, 15) is 0 Å². The van der Waals surface area contributed by atoms with Crippen LogP contribution in [0.4, 0.5) is 0 Å². The van der Waals surface area contributed by atoms with E-state index in [4.69, 9.17) is 4.74 Å². The average molecular weight is 270 g/mol. The summed E-state index contributed by atoms with van der Waals surface area (Å²) in [7, 11) is 0. The lowest BCUT2D eigenvalue weighted by atomic mass is 10.1. The van der Waals surface area contributed by atoms with Gasteiger partial charge >= 0.3 is 0 Å². The topological polar surface area (TPSA) is 34.1 Å². The van der Waals surface area contributed by atoms with E-state index < -0.39 is 0 Å². The summed E-state index contributed by atoms with van der Waals surface area (Å²) >= 11 is 1.77. The molecule has 0 saturated carbocycles. The Kier molecular flexibility index (Phi) is 5.76. The molecule has 0 spiro atoms. The lowest BCUT2D eigenvalue weighted by Crippen LogP contribution is -2.21. The molecule has 0 aliphatic rings. The van der Waals surface area contributed by atoms with Gasteiger partial charge in [0.15, 0.2) is 0 Å². The largest absolute Gasteiger partial charge is 0.369 e. The van der Waals surface area contributed by atoms with Gasteiger partial charge in [-0.25, -0.2) is 4.98 Å². The summed E-state index contributed by atoms with van der Waals surface area (Å²) in [5, 5.41) is 4.59. The Morgan fingerprint density at radius 3 is 2.61 bits per heavy atom. The van der Waals surface area contributed by atoms with Gasteiger partial charge in [-0.3, -0.25) is 0 Å². The van der Waals surface area contributed by atoms with E-state index in [0.29, 0.717) is 12.6 Å². The molecule has 0 amide bonds. The number of nitrogens with zero attached hydrogens (tertiary/aromatic N) is 1. The Hall–Kier alpha value is -0.450. The third kappa shape index (κ3) is 3.77. The van der Waals surface area contributed by atoms with Crippen molar-refractivity contribution in [3.8, 4) is 0 Å². The van der Waals surface area contributed by atoms with Crippen LogP contribution in [-0.4, -0.2) is 18.1 Å². The number of aryl methyl sites for hydroxylation is 1. The van der Waals surface area contributed by atoms with Crippen molar-refractivity contribution in [3.63, 3.8) is 0 Å². The van der Waals surface area contributed by atoms with Crippen molar-refractivity contribution < 1.29 is 4.74 Å². The maximum atomic E-state index is 5.77. The Bertz CT molecular complexity index is 374. The normalized spacial score (nSPS) is 13.9. The molecular weight excluding hydrogens is 244 g/mol. The van der Waals surface area contributed by atoms with Crippen molar-refractivity contribution in [2.45, 2.75) is 59.6 Å². The first-order chi connectivity index (χ1) is 8.42. The standard InChI is InChI=1S/C14H26N2OS/c1-7-9-15-10(3)12-11(4)16-13(18-12)14(5,6)17-8-2/h10,15H,7-9H2,1-6H3. The molecule has 104 valence electrons. The SMILES string of the molecule is CCCNC(C)c1sc(C(C)(C)OCC)nc1C. The lowest BCUT2D eigenvalue weighted by molar-refractivity contribution is -0.0142. The highest BCUT2D eigenvalue weighted by molar-refractivity contribution is 7.12. The van der Waals surface area contributed by atoms with Crippen molar-refractivity contribution in [2.24, 2.45) is 0 Å². The smallest absolute Gasteiger partial charge is 0.125 e. The van der Waals surface area contributed by atoms with Crippen LogP contribution in [0.15, 0.2) is 0 Å². The summed E-state index contributed by atoms with van der Waals surface area (Å²) in [6.07, 6.45) is 1.15. The van der Waals surface area contributed by atoms with Crippen LogP contribution < -0.4 is 5.32 Å². The molecule has 3 nitrogen and oxygen atoms in total. The molecule has 18 heavy (non-hydrogen) atoms. The molecule has 0 aromatic carbocycles. The monoisotopic (exact) mass is 270 g/mol. The molecule has 0 aliphatic carbocycles. The number of nitrogens with one attached hydrogen (secondary N) is 1. The predicted octanol–water partition coefficient (Wildman–Crippen LogP) is 3.78. The molecule has 1 aromatic heterocycles. The summed E-state index contributed by atoms with van der Waals surface area (Å²) in [5.41, 5.74) is 0.839. The first kappa shape index (κ1) is 15.6. The van der Waals surface area contributed by atoms with Gasteiger partial charge in [0.25, 0.3) is 0 Å². The molecule has 1 aromatic rings. The maximum Gasteiger partial charge on any atom is 0.125 e. The van der Waals surface area contributed by atoms with E-state index in [-0.39, 0.29) is 5.60 Å². The van der Waals surface area contributed by atoms with E-state index in [1.54, 1.807) is 11.3 Å². The van der Waals surface area contributed by atoms with Crippen molar-refractivity contribution in [1.82, 2.24) is 10.3 Å². The van der Waals surface area contributed by atoms with Crippen molar-refractivity contribution in [2.75, 3.05) is 13.2 Å². The quantitative estimate of drug-likeness (QED) is 0.818. The Labute approximate surface area is 115 Å². The fourth-order valence-electron chi connectivity index (χ4n) is 1.94. The van der Waals surface area contributed by atoms with Crippen LogP contribution in [0, 0.1) is 6.92 Å². The van der Waals surface area contributed by atoms with E-state index in [1.165, 1.54) is 4.88 Å². The molecule has 1 N–H and O–H groups in total. The fraction of sp³-hybridized carbons (Fsp3) is 0.786. The van der Waals surface area contributed by atoms with Crippen molar-refractivity contribution in [3.05, 3.63) is 15.6 Å². The molecule has 1 heterocycles. The zero-order valence-electron chi connectivity index (χ0n) is 12.5. The minimum Gasteiger partial charge on any atom is -0.369 e. The Balaban J connectivity index is 2.87. The highest BCUT2D eigenvalue weighted by atomic mass is 32.1. The van der Waals surface area contributed by atoms with Crippen molar-refractivity contribution >= 4 is 11.3 Å². The summed E-state index contributed by atoms with van der Waals surface area (Å²) in [4.78, 5) is 6.01. The Morgan fingerprint density at radius 2 is 2.06 bits per heavy atom. The van der Waals surface area contributed by atoms with Gasteiger partial charge in [-0.1, -0.05) is 6.92 Å². The summed E-state index contributed by atoms with van der Waals surface area (Å²) in [6.45, 7) is 14.4. The van der Waals surface area contributed by atoms with Gasteiger partial charge < -0.3 is 10.1 Å². The van der Waals surface area contributed by atoms with Crippen LogP contribution in [0.5, 0.6) is 0 Å². The number of thiazole rings is 1. The molecule has 1 rings (SSSR count). The third-order valence-electron chi connectivity index (χ3n) is 2.95. The highest BCUT2D eigenvalue weighted by Crippen LogP contribution is 2.33. The number of rotatable bonds is 7. The molecule has 0 radical (unpaired) electrons. The van der Waals surface area contributed by atoms with Gasteiger partial charge in [0.1, 0.15) is 10.6 Å². The van der Waals surface area contributed by atoms with Crippen LogP contribution in [-0.2, 0) is 10.3 Å². The Morgan fingerprint density at radius 1 is 1.39 bits per heavy atom. The van der Waals surface area contributed by atoms with Crippen LogP contribution in [0.25, 0.3) is 0 Å². The minimum absolute atomic E-state index is 0.285. The maximum absolute atomic E-state index is 5.77. The number of hydrogen-bond acceptors (Lipinski definition) is 4. The second kappa shape index (κ2) is 6.64. The van der Waals surface area contributed by atoms with Crippen LogP contribution in [0.2, 0.25) is 0 Å². The zero-order valence-corrected chi connectivity index (χ0v) is 13.3. The second-order valence-corrected chi connectivity index (χ2v) is 6.12. The van der Waals surface area contributed by atoms with Gasteiger partial charge in [-0.15, -0.1) is 11.3 Å². The minimum atomic E-state index is -0.285. The summed E-state index contributed by atoms with van der Waals surface area (Å²) in [5.74, 6) is 0. The molecular formula is C14H26N2OS. The predicted molar refractivity (Wildman–Crippen MR) is 78.2 cm³/mol. The number of hydrogen-bond donors (Lipinski definition) is 1. The third-order valence-corrected chi connectivity index (χ3v) is 4.59. The van der Waals surface area contributed by atoms with Crippen LogP contribution >= 0.6 is 11.3 Å². The molecule has 0 aliphatic heterocycles. The fourth-order valence-corrected chi connectivity index (χ4v) is 3.09. The van der Waals surface area contributed by atoms with Gasteiger partial charge in [0.2, 0.25) is 0 Å². The molecule has 0 saturated heterocycles. The summed E-state index contributed by atoms with van der Waals surface area (Å²) < 4.78 is 5.77. The van der Waals surface area contributed by atoms with E-state index in [0.717, 1.165) is 23.7 Å². The molecule has 0 fully saturated rings. The van der Waals surface area contributed by atoms with Gasteiger partial charge in [0, 0.05) is 17.5 Å². The van der Waals surface area contributed by atoms with E-state index in [1.807, 2.05) is 6.92 Å². The van der Waals surface area contributed by atoms with Gasteiger partial charge in [-0.2, -0.15) is 0 Å². The molecule has 1 unspecified atom stereocenters. The molecule has 4 heteroatoms. The van der Waals surface area contributed by atoms with E-state index >= 15 is 0 Å². The van der Waals surface area contributed by atoms with Gasteiger partial charge in [0.05, 0.1) is 5.69 Å². The van der Waals surface area contributed by atoms with Crippen molar-refractivity contribution in [1.29, 1.82) is 0 Å². The van der Waals surface area contributed by atoms with Crippen LogP contribution in [0.1, 0.15) is 62.7 Å². The van der Waals surface area contributed by atoms with Gasteiger partial charge in [-0.05, 0) is 47.6 Å². The van der Waals surface area contributed by atoms with E-state index in [2.05, 4.69) is 44.9 Å². The molecule has 0 bridgehead atoms. The van der Waals surface area contributed by atoms with Crippen LogP contribution in [0.3, 0.4) is 0 Å². The number of ether oxygens (including phenoxy) is 1. The first-order valence-electron chi connectivity index (χ1n) is 6.77. The first-order valence-corrected chi connectivity index (χ1v) is 7.59. The highest BCUT2D eigenvalue weighted by Gasteiger charge is 2.27.